The van der Waals surface area contributed by atoms with Gasteiger partial charge in [0.15, 0.2) is 5.13 Å². The normalized spacial score (nSPS) is 15.6. The van der Waals surface area contributed by atoms with Gasteiger partial charge in [-0.15, -0.1) is 11.3 Å². The molecule has 0 bridgehead atoms. The van der Waals surface area contributed by atoms with E-state index >= 15 is 0 Å². The van der Waals surface area contributed by atoms with E-state index in [4.69, 9.17) is 0 Å². The maximum absolute atomic E-state index is 12.1. The quantitative estimate of drug-likeness (QED) is 0.920. The van der Waals surface area contributed by atoms with Crippen molar-refractivity contribution >= 4 is 34.1 Å². The molecule has 0 radical (unpaired) electrons. The first-order valence-corrected chi connectivity index (χ1v) is 9.78. The summed E-state index contributed by atoms with van der Waals surface area (Å²) in [6.07, 6.45) is 0. The number of nitrogens with zero attached hydrogens (tertiary/aromatic N) is 2. The number of amides is 1. The summed E-state index contributed by atoms with van der Waals surface area (Å²) in [6, 6.07) is 6.33. The van der Waals surface area contributed by atoms with Crippen molar-refractivity contribution in [3.8, 4) is 11.3 Å². The van der Waals surface area contributed by atoms with Crippen LogP contribution in [0.3, 0.4) is 0 Å². The number of rotatable bonds is 4. The molecule has 1 fully saturated rings. The predicted molar refractivity (Wildman–Crippen MR) is 99.4 cm³/mol. The summed E-state index contributed by atoms with van der Waals surface area (Å²) in [5.41, 5.74) is 4.54. The number of thioether (sulfide) groups is 1. The van der Waals surface area contributed by atoms with E-state index in [1.807, 2.05) is 17.1 Å². The zero-order valence-corrected chi connectivity index (χ0v) is 15.1. The van der Waals surface area contributed by atoms with Crippen LogP contribution in [-0.4, -0.2) is 46.9 Å². The number of thiazole rings is 1. The zero-order chi connectivity index (χ0) is 16.2. The molecule has 1 aromatic heterocycles. The minimum atomic E-state index is 0.0258. The third-order valence-electron chi connectivity index (χ3n) is 4.02. The minimum absolute atomic E-state index is 0.0258. The molecular weight excluding hydrogens is 326 g/mol. The number of benzene rings is 1. The molecule has 1 saturated heterocycles. The zero-order valence-electron chi connectivity index (χ0n) is 13.5. The highest BCUT2D eigenvalue weighted by Gasteiger charge is 2.15. The summed E-state index contributed by atoms with van der Waals surface area (Å²) >= 11 is 3.43. The van der Waals surface area contributed by atoms with Gasteiger partial charge in [-0.05, 0) is 31.0 Å². The van der Waals surface area contributed by atoms with Crippen LogP contribution < -0.4 is 5.32 Å². The van der Waals surface area contributed by atoms with E-state index < -0.39 is 0 Å². The van der Waals surface area contributed by atoms with Crippen LogP contribution in [0.5, 0.6) is 0 Å². The van der Waals surface area contributed by atoms with E-state index in [9.17, 15) is 4.79 Å². The largest absolute Gasteiger partial charge is 0.301 e. The van der Waals surface area contributed by atoms with Crippen LogP contribution in [-0.2, 0) is 4.79 Å². The minimum Gasteiger partial charge on any atom is -0.301 e. The van der Waals surface area contributed by atoms with Gasteiger partial charge in [-0.1, -0.05) is 12.1 Å². The Morgan fingerprint density at radius 3 is 2.78 bits per heavy atom. The maximum Gasteiger partial charge on any atom is 0.240 e. The molecule has 1 aliphatic heterocycles. The van der Waals surface area contributed by atoms with Gasteiger partial charge in [0.05, 0.1) is 12.2 Å². The summed E-state index contributed by atoms with van der Waals surface area (Å²) < 4.78 is 0. The van der Waals surface area contributed by atoms with Crippen molar-refractivity contribution in [2.24, 2.45) is 0 Å². The summed E-state index contributed by atoms with van der Waals surface area (Å²) in [5, 5.41) is 5.60. The third-order valence-corrected chi connectivity index (χ3v) is 5.72. The topological polar surface area (TPSA) is 45.2 Å². The van der Waals surface area contributed by atoms with Crippen LogP contribution in [0.1, 0.15) is 11.1 Å². The lowest BCUT2D eigenvalue weighted by Gasteiger charge is -2.25. The summed E-state index contributed by atoms with van der Waals surface area (Å²) in [5.74, 6) is 2.25. The molecule has 0 aliphatic carbocycles. The molecule has 1 N–H and O–H groups in total. The number of aromatic nitrogens is 1. The molecule has 6 heteroatoms. The number of carbonyl (C=O) groups is 1. The Hall–Kier alpha value is -1.37. The average Bonchev–Trinajstić information content (AvgIpc) is 2.99. The van der Waals surface area contributed by atoms with Gasteiger partial charge in [0.1, 0.15) is 0 Å². The van der Waals surface area contributed by atoms with Crippen LogP contribution in [0.25, 0.3) is 11.3 Å². The van der Waals surface area contributed by atoms with Crippen LogP contribution in [0, 0.1) is 13.8 Å². The highest BCUT2D eigenvalue weighted by Crippen LogP contribution is 2.26. The summed E-state index contributed by atoms with van der Waals surface area (Å²) in [7, 11) is 0. The van der Waals surface area contributed by atoms with Crippen LogP contribution >= 0.6 is 23.1 Å². The number of anilines is 1. The van der Waals surface area contributed by atoms with Gasteiger partial charge in [-0.25, -0.2) is 4.98 Å². The lowest BCUT2D eigenvalue weighted by molar-refractivity contribution is -0.117. The van der Waals surface area contributed by atoms with Crippen LogP contribution in [0.4, 0.5) is 5.13 Å². The van der Waals surface area contributed by atoms with Gasteiger partial charge in [0.2, 0.25) is 5.91 Å². The molecule has 122 valence electrons. The van der Waals surface area contributed by atoms with Crippen molar-refractivity contribution in [2.45, 2.75) is 13.8 Å². The number of nitrogens with one attached hydrogen (secondary N) is 1. The Kier molecular flexibility index (Phi) is 5.35. The molecule has 2 aromatic rings. The van der Waals surface area contributed by atoms with E-state index in [-0.39, 0.29) is 5.91 Å². The summed E-state index contributed by atoms with van der Waals surface area (Å²) in [4.78, 5) is 18.9. The number of carbonyl (C=O) groups excluding carboxylic acids is 1. The second-order valence-electron chi connectivity index (χ2n) is 5.77. The smallest absolute Gasteiger partial charge is 0.240 e. The molecule has 1 aromatic carbocycles. The van der Waals surface area contributed by atoms with Crippen LogP contribution in [0.15, 0.2) is 23.6 Å². The Balaban J connectivity index is 1.62. The molecular formula is C17H21N3OS2. The van der Waals surface area contributed by atoms with E-state index in [1.165, 1.54) is 22.5 Å². The molecule has 0 unspecified atom stereocenters. The van der Waals surface area contributed by atoms with Crippen molar-refractivity contribution < 1.29 is 4.79 Å². The molecule has 2 heterocycles. The number of hydrogen-bond acceptors (Lipinski definition) is 5. The highest BCUT2D eigenvalue weighted by atomic mass is 32.2. The van der Waals surface area contributed by atoms with Gasteiger partial charge in [-0.2, -0.15) is 11.8 Å². The fraction of sp³-hybridized carbons (Fsp3) is 0.412. The van der Waals surface area contributed by atoms with E-state index in [0.717, 1.165) is 35.9 Å². The first-order valence-electron chi connectivity index (χ1n) is 7.75. The van der Waals surface area contributed by atoms with Crippen molar-refractivity contribution in [3.63, 3.8) is 0 Å². The first-order chi connectivity index (χ1) is 11.1. The highest BCUT2D eigenvalue weighted by molar-refractivity contribution is 7.99. The van der Waals surface area contributed by atoms with Crippen LogP contribution in [0.2, 0.25) is 0 Å². The first kappa shape index (κ1) is 16.5. The van der Waals surface area contributed by atoms with Crippen molar-refractivity contribution in [2.75, 3.05) is 36.5 Å². The fourth-order valence-electron chi connectivity index (χ4n) is 2.49. The Morgan fingerprint density at radius 2 is 2.04 bits per heavy atom. The Morgan fingerprint density at radius 1 is 1.26 bits per heavy atom. The maximum atomic E-state index is 12.1. The van der Waals surface area contributed by atoms with Gasteiger partial charge in [0.25, 0.3) is 0 Å². The van der Waals surface area contributed by atoms with Gasteiger partial charge >= 0.3 is 0 Å². The second kappa shape index (κ2) is 7.47. The molecule has 3 rings (SSSR count). The number of hydrogen-bond donors (Lipinski definition) is 1. The molecule has 0 atom stereocenters. The second-order valence-corrected chi connectivity index (χ2v) is 7.86. The fourth-order valence-corrected chi connectivity index (χ4v) is 4.20. The lowest BCUT2D eigenvalue weighted by atomic mass is 10.1. The molecule has 0 spiro atoms. The van der Waals surface area contributed by atoms with Gasteiger partial charge < -0.3 is 5.32 Å². The van der Waals surface area contributed by atoms with Gasteiger partial charge in [0, 0.05) is 35.5 Å². The Bertz CT molecular complexity index is 693. The van der Waals surface area contributed by atoms with Gasteiger partial charge in [-0.3, -0.25) is 9.69 Å². The SMILES string of the molecule is Cc1ccc(-c2csc(NC(=O)CN3CCSCC3)n2)cc1C. The van der Waals surface area contributed by atoms with Crippen molar-refractivity contribution in [3.05, 3.63) is 34.7 Å². The predicted octanol–water partition coefficient (Wildman–Crippen LogP) is 3.41. The Labute approximate surface area is 145 Å². The molecule has 1 aliphatic rings. The standard InChI is InChI=1S/C17H21N3OS2/c1-12-3-4-14(9-13(12)2)15-11-23-17(18-15)19-16(21)10-20-5-7-22-8-6-20/h3-4,9,11H,5-8,10H2,1-2H3,(H,18,19,21). The molecule has 23 heavy (non-hydrogen) atoms. The molecule has 4 nitrogen and oxygen atoms in total. The monoisotopic (exact) mass is 347 g/mol. The number of aryl methyl sites for hydroxylation is 2. The summed E-state index contributed by atoms with van der Waals surface area (Å²) in [6.45, 7) is 6.64. The average molecular weight is 348 g/mol. The molecule has 1 amide bonds. The van der Waals surface area contributed by atoms with E-state index in [2.05, 4.69) is 47.2 Å². The van der Waals surface area contributed by atoms with Crippen molar-refractivity contribution in [1.29, 1.82) is 0 Å². The van der Waals surface area contributed by atoms with E-state index in [0.29, 0.717) is 11.7 Å². The van der Waals surface area contributed by atoms with E-state index in [1.54, 1.807) is 0 Å². The van der Waals surface area contributed by atoms with Crippen molar-refractivity contribution in [1.82, 2.24) is 9.88 Å². The molecule has 0 saturated carbocycles. The lowest BCUT2D eigenvalue weighted by Crippen LogP contribution is -2.38. The third kappa shape index (κ3) is 4.34.